The first-order chi connectivity index (χ1) is 5.31. The van der Waals surface area contributed by atoms with Crippen molar-refractivity contribution < 1.29 is 0 Å². The van der Waals surface area contributed by atoms with Crippen LogP contribution in [0.15, 0.2) is 12.7 Å². The Hall–Kier alpha value is -0.300. The second-order valence-electron chi connectivity index (χ2n) is 3.44. The van der Waals surface area contributed by atoms with Crippen LogP contribution in [0.1, 0.15) is 52.4 Å². The Balaban J connectivity index is 0. The van der Waals surface area contributed by atoms with Gasteiger partial charge in [-0.15, -0.1) is 6.58 Å². The molecular weight excluding hydrogens is 146 g/mol. The smallest absolute Gasteiger partial charge is 0.0353 e. The average molecular weight is 171 g/mol. The molecule has 3 N–H and O–H groups in total. The zero-order chi connectivity index (χ0) is 8.53. The Bertz CT molecular complexity index is 89.0. The number of hydrogen-bond donors (Lipinski definition) is 1. The summed E-state index contributed by atoms with van der Waals surface area (Å²) in [5.41, 5.74) is 0. The van der Waals surface area contributed by atoms with Gasteiger partial charge >= 0.3 is 0 Å². The fraction of sp³-hybridized carbons (Fsp3) is 0.818. The van der Waals surface area contributed by atoms with Gasteiger partial charge in [0.1, 0.15) is 0 Å². The molecule has 0 aromatic heterocycles. The highest BCUT2D eigenvalue weighted by molar-refractivity contribution is 4.65. The van der Waals surface area contributed by atoms with Crippen LogP contribution in [-0.4, -0.2) is 0 Å². The molecule has 0 aliphatic rings. The van der Waals surface area contributed by atoms with Crippen molar-refractivity contribution in [3.05, 3.63) is 12.7 Å². The fourth-order valence-electron chi connectivity index (χ4n) is 1.16. The summed E-state index contributed by atoms with van der Waals surface area (Å²) in [4.78, 5) is 0. The Morgan fingerprint density at radius 2 is 1.92 bits per heavy atom. The topological polar surface area (TPSA) is 35.0 Å². The Morgan fingerprint density at radius 3 is 2.42 bits per heavy atom. The minimum absolute atomic E-state index is 0. The Kier molecular flexibility index (Phi) is 12.7. The predicted molar refractivity (Wildman–Crippen MR) is 57.8 cm³/mol. The molecule has 0 aromatic carbocycles. The second kappa shape index (κ2) is 10.7. The van der Waals surface area contributed by atoms with Crippen molar-refractivity contribution in [1.29, 1.82) is 0 Å². The van der Waals surface area contributed by atoms with Crippen LogP contribution >= 0.6 is 0 Å². The molecule has 0 rings (SSSR count). The molecule has 0 aliphatic heterocycles. The van der Waals surface area contributed by atoms with E-state index < -0.39 is 0 Å². The largest absolute Gasteiger partial charge is 0.344 e. The van der Waals surface area contributed by atoms with Crippen LogP contribution in [0.25, 0.3) is 0 Å². The van der Waals surface area contributed by atoms with E-state index in [0.717, 1.165) is 5.92 Å². The van der Waals surface area contributed by atoms with Gasteiger partial charge in [0.15, 0.2) is 0 Å². The summed E-state index contributed by atoms with van der Waals surface area (Å²) in [5.74, 6) is 0.929. The lowest BCUT2D eigenvalue weighted by atomic mass is 10.0. The highest BCUT2D eigenvalue weighted by Crippen LogP contribution is 2.12. The van der Waals surface area contributed by atoms with Gasteiger partial charge < -0.3 is 6.15 Å². The highest BCUT2D eigenvalue weighted by Gasteiger charge is 1.96. The van der Waals surface area contributed by atoms with Gasteiger partial charge in [-0.05, 0) is 18.8 Å². The molecule has 0 bridgehead atoms. The lowest BCUT2D eigenvalue weighted by molar-refractivity contribution is 0.479. The summed E-state index contributed by atoms with van der Waals surface area (Å²) in [6.07, 6.45) is 10.1. The summed E-state index contributed by atoms with van der Waals surface area (Å²) in [5, 5.41) is 0. The molecule has 0 amide bonds. The first kappa shape index (κ1) is 14.2. The average Bonchev–Trinajstić information content (AvgIpc) is 2.04. The third kappa shape index (κ3) is 9.70. The van der Waals surface area contributed by atoms with Crippen molar-refractivity contribution in [1.82, 2.24) is 6.15 Å². The quantitative estimate of drug-likeness (QED) is 0.449. The first-order valence-electron chi connectivity index (χ1n) is 4.92. The molecule has 0 aliphatic carbocycles. The fourth-order valence-corrected chi connectivity index (χ4v) is 1.16. The van der Waals surface area contributed by atoms with Crippen molar-refractivity contribution in [3.8, 4) is 0 Å². The molecule has 0 radical (unpaired) electrons. The SMILES string of the molecule is C=CCCCCCC(C)CC.N. The zero-order valence-corrected chi connectivity index (χ0v) is 8.81. The molecule has 1 nitrogen and oxygen atoms in total. The van der Waals surface area contributed by atoms with Crippen LogP contribution in [0.5, 0.6) is 0 Å². The maximum Gasteiger partial charge on any atom is -0.0353 e. The van der Waals surface area contributed by atoms with Crippen LogP contribution in [0.3, 0.4) is 0 Å². The van der Waals surface area contributed by atoms with Crippen LogP contribution in [0.4, 0.5) is 0 Å². The van der Waals surface area contributed by atoms with E-state index in [1.54, 1.807) is 0 Å². The van der Waals surface area contributed by atoms with Crippen LogP contribution < -0.4 is 6.15 Å². The summed E-state index contributed by atoms with van der Waals surface area (Å²) in [6.45, 7) is 8.32. The molecule has 74 valence electrons. The zero-order valence-electron chi connectivity index (χ0n) is 8.81. The van der Waals surface area contributed by atoms with Crippen LogP contribution in [0, 0.1) is 5.92 Å². The van der Waals surface area contributed by atoms with Gasteiger partial charge in [0.25, 0.3) is 0 Å². The number of hydrogen-bond acceptors (Lipinski definition) is 1. The lowest BCUT2D eigenvalue weighted by Crippen LogP contribution is -1.91. The number of unbranched alkanes of at least 4 members (excludes halogenated alkanes) is 3. The van der Waals surface area contributed by atoms with E-state index in [2.05, 4.69) is 20.4 Å². The van der Waals surface area contributed by atoms with Crippen molar-refractivity contribution in [3.63, 3.8) is 0 Å². The monoisotopic (exact) mass is 171 g/mol. The minimum atomic E-state index is 0. The summed E-state index contributed by atoms with van der Waals surface area (Å²) >= 11 is 0. The van der Waals surface area contributed by atoms with Gasteiger partial charge in [0, 0.05) is 0 Å². The normalized spacial score (nSPS) is 11.8. The van der Waals surface area contributed by atoms with Crippen molar-refractivity contribution >= 4 is 0 Å². The van der Waals surface area contributed by atoms with E-state index in [9.17, 15) is 0 Å². The molecule has 0 saturated carbocycles. The molecule has 1 atom stereocenters. The molecular formula is C11H25N. The summed E-state index contributed by atoms with van der Waals surface area (Å²) < 4.78 is 0. The van der Waals surface area contributed by atoms with E-state index in [1.807, 2.05) is 6.08 Å². The molecule has 0 spiro atoms. The third-order valence-electron chi connectivity index (χ3n) is 2.30. The van der Waals surface area contributed by atoms with E-state index in [4.69, 9.17) is 0 Å². The molecule has 12 heavy (non-hydrogen) atoms. The van der Waals surface area contributed by atoms with E-state index in [1.165, 1.54) is 38.5 Å². The predicted octanol–water partition coefficient (Wildman–Crippen LogP) is 4.33. The molecule has 0 heterocycles. The standard InChI is InChI=1S/C11H22.H3N/c1-4-6-7-8-9-10-11(3)5-2;/h4,11H,1,5-10H2,2-3H3;1H3. The van der Waals surface area contributed by atoms with Gasteiger partial charge in [-0.2, -0.15) is 0 Å². The first-order valence-corrected chi connectivity index (χ1v) is 4.92. The van der Waals surface area contributed by atoms with Gasteiger partial charge in [-0.3, -0.25) is 0 Å². The second-order valence-corrected chi connectivity index (χ2v) is 3.44. The van der Waals surface area contributed by atoms with Gasteiger partial charge in [0.2, 0.25) is 0 Å². The van der Waals surface area contributed by atoms with Gasteiger partial charge in [-0.25, -0.2) is 0 Å². The molecule has 0 fully saturated rings. The van der Waals surface area contributed by atoms with Gasteiger partial charge in [0.05, 0.1) is 0 Å². The molecule has 1 heteroatoms. The van der Waals surface area contributed by atoms with Crippen LogP contribution in [0.2, 0.25) is 0 Å². The Labute approximate surface area is 77.8 Å². The van der Waals surface area contributed by atoms with Crippen molar-refractivity contribution in [2.24, 2.45) is 5.92 Å². The number of allylic oxidation sites excluding steroid dienone is 1. The van der Waals surface area contributed by atoms with E-state index in [-0.39, 0.29) is 6.15 Å². The van der Waals surface area contributed by atoms with Crippen molar-refractivity contribution in [2.75, 3.05) is 0 Å². The summed E-state index contributed by atoms with van der Waals surface area (Å²) in [6, 6.07) is 0. The summed E-state index contributed by atoms with van der Waals surface area (Å²) in [7, 11) is 0. The van der Waals surface area contributed by atoms with E-state index in [0.29, 0.717) is 0 Å². The van der Waals surface area contributed by atoms with Gasteiger partial charge in [-0.1, -0.05) is 45.6 Å². The molecule has 1 unspecified atom stereocenters. The maximum absolute atomic E-state index is 3.71. The Morgan fingerprint density at radius 1 is 1.25 bits per heavy atom. The van der Waals surface area contributed by atoms with E-state index >= 15 is 0 Å². The number of rotatable bonds is 7. The third-order valence-corrected chi connectivity index (χ3v) is 2.30. The highest BCUT2D eigenvalue weighted by atomic mass is 14.0. The van der Waals surface area contributed by atoms with Crippen LogP contribution in [-0.2, 0) is 0 Å². The molecule has 0 aromatic rings. The molecule has 0 saturated heterocycles. The van der Waals surface area contributed by atoms with Crippen molar-refractivity contribution in [2.45, 2.75) is 52.4 Å². The maximum atomic E-state index is 3.71. The lowest BCUT2D eigenvalue weighted by Gasteiger charge is -2.06. The minimum Gasteiger partial charge on any atom is -0.344 e.